The molecule has 0 atom stereocenters. The molecule has 0 bridgehead atoms. The smallest absolute Gasteiger partial charge is 0.236 e. The molecule has 7 heteroatoms. The van der Waals surface area contributed by atoms with E-state index in [1.807, 2.05) is 43.3 Å². The molecule has 130 valence electrons. The van der Waals surface area contributed by atoms with Crippen molar-refractivity contribution < 1.29 is 13.7 Å². The number of fused-ring (bicyclic) bond motifs is 1. The second-order valence-corrected chi connectivity index (χ2v) is 5.94. The zero-order valence-electron chi connectivity index (χ0n) is 14.3. The molecule has 0 radical (unpaired) electrons. The highest BCUT2D eigenvalue weighted by Gasteiger charge is 2.15. The Hall–Kier alpha value is -3.48. The number of carbonyl (C=O) groups excluding carboxylic acids is 1. The van der Waals surface area contributed by atoms with Gasteiger partial charge in [-0.1, -0.05) is 35.5 Å². The topological polar surface area (TPSA) is 94.1 Å². The van der Waals surface area contributed by atoms with Gasteiger partial charge in [0.2, 0.25) is 17.6 Å². The summed E-state index contributed by atoms with van der Waals surface area (Å²) >= 11 is 0. The third-order valence-corrected chi connectivity index (χ3v) is 3.96. The number of hydrogen-bond donors (Lipinski definition) is 1. The van der Waals surface area contributed by atoms with Gasteiger partial charge >= 0.3 is 0 Å². The van der Waals surface area contributed by atoms with Crippen LogP contribution in [0, 0.1) is 13.8 Å². The number of anilines is 1. The molecule has 26 heavy (non-hydrogen) atoms. The van der Waals surface area contributed by atoms with Crippen molar-refractivity contribution in [1.82, 2.24) is 15.1 Å². The third kappa shape index (κ3) is 3.06. The quantitative estimate of drug-likeness (QED) is 0.605. The lowest BCUT2D eigenvalue weighted by atomic mass is 10.1. The van der Waals surface area contributed by atoms with Gasteiger partial charge in [-0.05, 0) is 24.6 Å². The standard InChI is InChI=1S/C19H16N4O3/c1-11-6-3-4-7-13(11)19-22-17(26-23-19)10-16(24)21-15-9-5-8-14-18(15)25-12(2)20-14/h3-9H,10H2,1-2H3,(H,21,24). The lowest BCUT2D eigenvalue weighted by molar-refractivity contribution is -0.115. The van der Waals surface area contributed by atoms with Gasteiger partial charge in [-0.25, -0.2) is 4.98 Å². The first-order chi connectivity index (χ1) is 12.6. The van der Waals surface area contributed by atoms with Crippen molar-refractivity contribution >= 4 is 22.7 Å². The first-order valence-corrected chi connectivity index (χ1v) is 8.15. The minimum atomic E-state index is -0.272. The summed E-state index contributed by atoms with van der Waals surface area (Å²) < 4.78 is 10.8. The molecule has 0 saturated carbocycles. The summed E-state index contributed by atoms with van der Waals surface area (Å²) in [6.07, 6.45) is -0.0254. The summed E-state index contributed by atoms with van der Waals surface area (Å²) in [5.41, 5.74) is 3.72. The van der Waals surface area contributed by atoms with Crippen LogP contribution >= 0.6 is 0 Å². The number of aromatic nitrogens is 3. The van der Waals surface area contributed by atoms with Crippen LogP contribution in [-0.2, 0) is 11.2 Å². The van der Waals surface area contributed by atoms with Gasteiger partial charge in [0.05, 0.1) is 5.69 Å². The Morgan fingerprint density at radius 3 is 2.77 bits per heavy atom. The van der Waals surface area contributed by atoms with Gasteiger partial charge in [-0.15, -0.1) is 0 Å². The first-order valence-electron chi connectivity index (χ1n) is 8.15. The summed E-state index contributed by atoms with van der Waals surface area (Å²) in [7, 11) is 0. The maximum absolute atomic E-state index is 12.3. The van der Waals surface area contributed by atoms with Crippen LogP contribution in [0.15, 0.2) is 51.4 Å². The van der Waals surface area contributed by atoms with E-state index in [9.17, 15) is 4.79 Å². The van der Waals surface area contributed by atoms with Gasteiger partial charge in [-0.3, -0.25) is 4.79 Å². The second kappa shape index (κ2) is 6.44. The zero-order chi connectivity index (χ0) is 18.1. The monoisotopic (exact) mass is 348 g/mol. The molecule has 0 unspecified atom stereocenters. The van der Waals surface area contributed by atoms with Crippen LogP contribution < -0.4 is 5.32 Å². The zero-order valence-corrected chi connectivity index (χ0v) is 14.3. The van der Waals surface area contributed by atoms with E-state index in [1.165, 1.54) is 0 Å². The van der Waals surface area contributed by atoms with E-state index < -0.39 is 0 Å². The lowest BCUT2D eigenvalue weighted by Crippen LogP contribution is -2.14. The molecule has 0 aliphatic rings. The summed E-state index contributed by atoms with van der Waals surface area (Å²) in [5.74, 6) is 0.994. The van der Waals surface area contributed by atoms with E-state index in [1.54, 1.807) is 13.0 Å². The average molecular weight is 348 g/mol. The Balaban J connectivity index is 1.51. The van der Waals surface area contributed by atoms with Crippen LogP contribution in [0.25, 0.3) is 22.5 Å². The van der Waals surface area contributed by atoms with Gasteiger partial charge in [0.15, 0.2) is 11.5 Å². The summed E-state index contributed by atoms with van der Waals surface area (Å²) in [6.45, 7) is 3.73. The number of nitrogens with zero attached hydrogens (tertiary/aromatic N) is 3. The van der Waals surface area contributed by atoms with Gasteiger partial charge in [0.1, 0.15) is 11.9 Å². The molecule has 2 heterocycles. The predicted octanol–water partition coefficient (Wildman–Crippen LogP) is 3.68. The number of benzene rings is 2. The molecule has 0 spiro atoms. The Morgan fingerprint density at radius 1 is 1.08 bits per heavy atom. The van der Waals surface area contributed by atoms with Gasteiger partial charge < -0.3 is 14.3 Å². The van der Waals surface area contributed by atoms with Crippen molar-refractivity contribution in [2.24, 2.45) is 0 Å². The van der Waals surface area contributed by atoms with Crippen LogP contribution in [0.1, 0.15) is 17.3 Å². The maximum atomic E-state index is 12.3. The molecule has 1 N–H and O–H groups in total. The second-order valence-electron chi connectivity index (χ2n) is 5.94. The molecule has 0 aliphatic carbocycles. The van der Waals surface area contributed by atoms with Crippen molar-refractivity contribution in [2.45, 2.75) is 20.3 Å². The first kappa shape index (κ1) is 16.0. The average Bonchev–Trinajstić information content (AvgIpc) is 3.21. The van der Waals surface area contributed by atoms with Crippen molar-refractivity contribution in [3.05, 3.63) is 59.8 Å². The summed E-state index contributed by atoms with van der Waals surface area (Å²) in [5, 5.41) is 6.77. The van der Waals surface area contributed by atoms with Crippen molar-refractivity contribution in [2.75, 3.05) is 5.32 Å². The molecular formula is C19H16N4O3. The van der Waals surface area contributed by atoms with Crippen molar-refractivity contribution in [3.8, 4) is 11.4 Å². The van der Waals surface area contributed by atoms with Crippen molar-refractivity contribution in [1.29, 1.82) is 0 Å². The van der Waals surface area contributed by atoms with Gasteiger partial charge in [-0.2, -0.15) is 4.98 Å². The molecule has 2 aromatic carbocycles. The fourth-order valence-corrected chi connectivity index (χ4v) is 2.75. The molecule has 2 aromatic heterocycles. The van der Waals surface area contributed by atoms with Crippen LogP contribution in [0.3, 0.4) is 0 Å². The highest BCUT2D eigenvalue weighted by Crippen LogP contribution is 2.24. The minimum Gasteiger partial charge on any atom is -0.439 e. The number of aryl methyl sites for hydroxylation is 2. The largest absolute Gasteiger partial charge is 0.439 e. The van der Waals surface area contributed by atoms with E-state index in [2.05, 4.69) is 20.4 Å². The Labute approximate surface area is 149 Å². The maximum Gasteiger partial charge on any atom is 0.236 e. The molecule has 1 amide bonds. The Morgan fingerprint density at radius 2 is 1.92 bits per heavy atom. The van der Waals surface area contributed by atoms with Crippen LogP contribution in [0.4, 0.5) is 5.69 Å². The number of oxazole rings is 1. The van der Waals surface area contributed by atoms with E-state index in [0.29, 0.717) is 28.5 Å². The molecular weight excluding hydrogens is 332 g/mol. The number of nitrogens with one attached hydrogen (secondary N) is 1. The van der Waals surface area contributed by atoms with E-state index >= 15 is 0 Å². The van der Waals surface area contributed by atoms with E-state index in [4.69, 9.17) is 8.94 Å². The number of para-hydroxylation sites is 1. The number of hydrogen-bond acceptors (Lipinski definition) is 6. The molecule has 0 saturated heterocycles. The van der Waals surface area contributed by atoms with E-state index in [-0.39, 0.29) is 18.2 Å². The number of carbonyl (C=O) groups is 1. The molecule has 7 nitrogen and oxygen atoms in total. The molecule has 0 fully saturated rings. The normalized spacial score (nSPS) is 11.0. The Bertz CT molecular complexity index is 1100. The fourth-order valence-electron chi connectivity index (χ4n) is 2.75. The number of rotatable bonds is 4. The predicted molar refractivity (Wildman–Crippen MR) is 95.6 cm³/mol. The van der Waals surface area contributed by atoms with E-state index in [0.717, 1.165) is 11.1 Å². The highest BCUT2D eigenvalue weighted by molar-refractivity contribution is 5.99. The molecule has 0 aliphatic heterocycles. The SMILES string of the molecule is Cc1nc2cccc(NC(=O)Cc3nc(-c4ccccc4C)no3)c2o1. The number of amides is 1. The van der Waals surface area contributed by atoms with Gasteiger partial charge in [0.25, 0.3) is 0 Å². The third-order valence-electron chi connectivity index (χ3n) is 3.96. The molecule has 4 rings (SSSR count). The van der Waals surface area contributed by atoms with Gasteiger partial charge in [0, 0.05) is 12.5 Å². The minimum absolute atomic E-state index is 0.0254. The highest BCUT2D eigenvalue weighted by atomic mass is 16.5. The summed E-state index contributed by atoms with van der Waals surface area (Å²) in [4.78, 5) is 20.9. The Kier molecular flexibility index (Phi) is 3.96. The molecule has 4 aromatic rings. The van der Waals surface area contributed by atoms with Crippen molar-refractivity contribution in [3.63, 3.8) is 0 Å². The lowest BCUT2D eigenvalue weighted by Gasteiger charge is -2.03. The van der Waals surface area contributed by atoms with Crippen LogP contribution in [0.2, 0.25) is 0 Å². The van der Waals surface area contributed by atoms with Crippen LogP contribution in [0.5, 0.6) is 0 Å². The van der Waals surface area contributed by atoms with Crippen LogP contribution in [-0.4, -0.2) is 21.0 Å². The fraction of sp³-hybridized carbons (Fsp3) is 0.158. The summed E-state index contributed by atoms with van der Waals surface area (Å²) in [6, 6.07) is 13.1.